The van der Waals surface area contributed by atoms with Gasteiger partial charge in [-0.3, -0.25) is 14.4 Å². The Hall–Kier alpha value is -2.95. The summed E-state index contributed by atoms with van der Waals surface area (Å²) >= 11 is 0. The number of piperidine rings is 1. The van der Waals surface area contributed by atoms with Crippen LogP contribution in [0.2, 0.25) is 0 Å². The van der Waals surface area contributed by atoms with E-state index in [0.717, 1.165) is 25.9 Å². The first kappa shape index (κ1) is 18.8. The molecular weight excluding hydrogens is 340 g/mol. The van der Waals surface area contributed by atoms with Gasteiger partial charge in [0.1, 0.15) is 0 Å². The van der Waals surface area contributed by atoms with Crippen LogP contribution in [0.4, 0.5) is 5.69 Å². The monoisotopic (exact) mass is 364 g/mol. The van der Waals surface area contributed by atoms with Crippen LogP contribution in [0.5, 0.6) is 0 Å². The smallest absolute Gasteiger partial charge is 0.255 e. The fraction of sp³-hybridized carbons (Fsp3) is 0.318. The molecule has 0 radical (unpaired) electrons. The summed E-state index contributed by atoms with van der Waals surface area (Å²) in [5.41, 5.74) is 2.17. The largest absolute Gasteiger partial charge is 0.338 e. The Morgan fingerprint density at radius 1 is 1.00 bits per heavy atom. The third-order valence-corrected chi connectivity index (χ3v) is 4.87. The minimum absolute atomic E-state index is 0.0164. The molecule has 27 heavy (non-hydrogen) atoms. The number of Topliss-reactive ketones (excluding diaryl/α,β-unsaturated/α-hetero) is 1. The maximum atomic E-state index is 12.6. The van der Waals surface area contributed by atoms with Gasteiger partial charge in [0.25, 0.3) is 11.8 Å². The van der Waals surface area contributed by atoms with Gasteiger partial charge in [-0.15, -0.1) is 0 Å². The Labute approximate surface area is 159 Å². The second-order valence-electron chi connectivity index (χ2n) is 7.17. The van der Waals surface area contributed by atoms with Crippen LogP contribution in [-0.2, 0) is 0 Å². The number of carbonyl (C=O) groups is 3. The van der Waals surface area contributed by atoms with Gasteiger partial charge in [0.05, 0.1) is 0 Å². The van der Waals surface area contributed by atoms with E-state index in [1.54, 1.807) is 48.5 Å². The van der Waals surface area contributed by atoms with Crippen molar-refractivity contribution in [3.8, 4) is 0 Å². The molecule has 1 unspecified atom stereocenters. The third-order valence-electron chi connectivity index (χ3n) is 4.87. The number of amides is 2. The molecule has 1 saturated heterocycles. The van der Waals surface area contributed by atoms with E-state index in [2.05, 4.69) is 12.2 Å². The Morgan fingerprint density at radius 2 is 1.70 bits per heavy atom. The first-order chi connectivity index (χ1) is 12.9. The molecule has 1 aliphatic rings. The van der Waals surface area contributed by atoms with Gasteiger partial charge in [-0.2, -0.15) is 0 Å². The molecule has 0 aromatic heterocycles. The molecule has 0 spiro atoms. The van der Waals surface area contributed by atoms with Crippen LogP contribution < -0.4 is 5.32 Å². The first-order valence-electron chi connectivity index (χ1n) is 9.26. The molecule has 140 valence electrons. The summed E-state index contributed by atoms with van der Waals surface area (Å²) in [4.78, 5) is 38.4. The molecule has 1 fully saturated rings. The van der Waals surface area contributed by atoms with E-state index in [4.69, 9.17) is 0 Å². The minimum Gasteiger partial charge on any atom is -0.338 e. The minimum atomic E-state index is -0.277. The topological polar surface area (TPSA) is 66.5 Å². The molecule has 3 rings (SSSR count). The summed E-state index contributed by atoms with van der Waals surface area (Å²) in [7, 11) is 0. The van der Waals surface area contributed by atoms with E-state index in [0.29, 0.717) is 28.3 Å². The lowest BCUT2D eigenvalue weighted by atomic mass is 9.99. The number of ketones is 1. The maximum absolute atomic E-state index is 12.6. The lowest BCUT2D eigenvalue weighted by molar-refractivity contribution is 0.0682. The molecule has 2 aromatic carbocycles. The number of likely N-dealkylation sites (tertiary alicyclic amines) is 1. The van der Waals surface area contributed by atoms with Crippen LogP contribution in [0.3, 0.4) is 0 Å². The molecule has 1 atom stereocenters. The van der Waals surface area contributed by atoms with E-state index in [1.165, 1.54) is 6.92 Å². The lowest BCUT2D eigenvalue weighted by Crippen LogP contribution is -2.39. The summed E-state index contributed by atoms with van der Waals surface area (Å²) < 4.78 is 0. The summed E-state index contributed by atoms with van der Waals surface area (Å²) in [6.45, 7) is 5.22. The summed E-state index contributed by atoms with van der Waals surface area (Å²) in [6, 6.07) is 13.5. The van der Waals surface area contributed by atoms with Crippen molar-refractivity contribution in [2.24, 2.45) is 5.92 Å². The van der Waals surface area contributed by atoms with Crippen molar-refractivity contribution in [3.05, 3.63) is 65.2 Å². The normalized spacial score (nSPS) is 16.7. The molecular formula is C22H24N2O3. The average molecular weight is 364 g/mol. The molecule has 2 aromatic rings. The van der Waals surface area contributed by atoms with Crippen molar-refractivity contribution in [1.29, 1.82) is 0 Å². The lowest BCUT2D eigenvalue weighted by Gasteiger charge is -2.31. The number of nitrogens with one attached hydrogen (secondary N) is 1. The molecule has 2 amide bonds. The standard InChI is InChI=1S/C22H24N2O3/c1-15-5-4-12-24(14-15)22(27)18-10-8-17(9-11-18)21(26)23-20-7-3-6-19(13-20)16(2)25/h3,6-11,13,15H,4-5,12,14H2,1-2H3,(H,23,26). The first-order valence-corrected chi connectivity index (χ1v) is 9.26. The van der Waals surface area contributed by atoms with Crippen molar-refractivity contribution in [2.45, 2.75) is 26.7 Å². The van der Waals surface area contributed by atoms with Gasteiger partial charge in [0.15, 0.2) is 5.78 Å². The van der Waals surface area contributed by atoms with E-state index < -0.39 is 0 Å². The van der Waals surface area contributed by atoms with Gasteiger partial charge in [-0.05, 0) is 62.1 Å². The predicted molar refractivity (Wildman–Crippen MR) is 105 cm³/mol. The fourth-order valence-corrected chi connectivity index (χ4v) is 3.34. The zero-order valence-corrected chi connectivity index (χ0v) is 15.7. The van der Waals surface area contributed by atoms with E-state index in [1.807, 2.05) is 4.90 Å². The van der Waals surface area contributed by atoms with E-state index in [9.17, 15) is 14.4 Å². The number of nitrogens with zero attached hydrogens (tertiary/aromatic N) is 1. The van der Waals surface area contributed by atoms with Crippen molar-refractivity contribution < 1.29 is 14.4 Å². The average Bonchev–Trinajstić information content (AvgIpc) is 2.67. The number of rotatable bonds is 4. The van der Waals surface area contributed by atoms with Crippen LogP contribution in [0.15, 0.2) is 48.5 Å². The highest BCUT2D eigenvalue weighted by atomic mass is 16.2. The van der Waals surface area contributed by atoms with Crippen molar-refractivity contribution >= 4 is 23.3 Å². The molecule has 0 aliphatic carbocycles. The Morgan fingerprint density at radius 3 is 2.37 bits per heavy atom. The van der Waals surface area contributed by atoms with Crippen LogP contribution in [0.1, 0.15) is 57.8 Å². The molecule has 1 N–H and O–H groups in total. The van der Waals surface area contributed by atoms with Gasteiger partial charge in [0.2, 0.25) is 0 Å². The third kappa shape index (κ3) is 4.61. The van der Waals surface area contributed by atoms with Crippen molar-refractivity contribution in [2.75, 3.05) is 18.4 Å². The number of hydrogen-bond acceptors (Lipinski definition) is 3. The number of benzene rings is 2. The Kier molecular flexibility index (Phi) is 5.69. The second-order valence-corrected chi connectivity index (χ2v) is 7.17. The van der Waals surface area contributed by atoms with Gasteiger partial charge in [0, 0.05) is 35.5 Å². The fourth-order valence-electron chi connectivity index (χ4n) is 3.34. The van der Waals surface area contributed by atoms with Crippen molar-refractivity contribution in [1.82, 2.24) is 4.90 Å². The molecule has 0 saturated carbocycles. The van der Waals surface area contributed by atoms with Crippen LogP contribution >= 0.6 is 0 Å². The molecule has 0 bridgehead atoms. The highest BCUT2D eigenvalue weighted by Crippen LogP contribution is 2.19. The number of anilines is 1. The zero-order chi connectivity index (χ0) is 19.4. The predicted octanol–water partition coefficient (Wildman–Crippen LogP) is 4.01. The molecule has 1 aliphatic heterocycles. The van der Waals surface area contributed by atoms with Crippen LogP contribution in [-0.4, -0.2) is 35.6 Å². The SMILES string of the molecule is CC(=O)c1cccc(NC(=O)c2ccc(C(=O)N3CCCC(C)C3)cc2)c1. The molecule has 5 heteroatoms. The zero-order valence-electron chi connectivity index (χ0n) is 15.7. The van der Waals surface area contributed by atoms with Crippen LogP contribution in [0.25, 0.3) is 0 Å². The number of hydrogen-bond donors (Lipinski definition) is 1. The number of carbonyl (C=O) groups excluding carboxylic acids is 3. The summed E-state index contributed by atoms with van der Waals surface area (Å²) in [5, 5.41) is 2.78. The highest BCUT2D eigenvalue weighted by molar-refractivity contribution is 6.05. The molecule has 1 heterocycles. The Bertz CT molecular complexity index is 858. The van der Waals surface area contributed by atoms with Gasteiger partial charge in [-0.25, -0.2) is 0 Å². The van der Waals surface area contributed by atoms with Gasteiger partial charge >= 0.3 is 0 Å². The Balaban J connectivity index is 1.67. The summed E-state index contributed by atoms with van der Waals surface area (Å²) in [5.74, 6) is 0.212. The summed E-state index contributed by atoms with van der Waals surface area (Å²) in [6.07, 6.45) is 2.19. The maximum Gasteiger partial charge on any atom is 0.255 e. The second kappa shape index (κ2) is 8.16. The molecule has 5 nitrogen and oxygen atoms in total. The van der Waals surface area contributed by atoms with E-state index >= 15 is 0 Å². The van der Waals surface area contributed by atoms with Gasteiger partial charge < -0.3 is 10.2 Å². The van der Waals surface area contributed by atoms with Gasteiger partial charge in [-0.1, -0.05) is 19.1 Å². The highest BCUT2D eigenvalue weighted by Gasteiger charge is 2.22. The van der Waals surface area contributed by atoms with Crippen LogP contribution in [0, 0.1) is 5.92 Å². The van der Waals surface area contributed by atoms with Crippen molar-refractivity contribution in [3.63, 3.8) is 0 Å². The van der Waals surface area contributed by atoms with E-state index in [-0.39, 0.29) is 17.6 Å². The quantitative estimate of drug-likeness (QED) is 0.834.